The zero-order valence-electron chi connectivity index (χ0n) is 10.5. The molecule has 0 spiro atoms. The molecular weight excluding hydrogens is 264 g/mol. The average Bonchev–Trinajstić information content (AvgIpc) is 2.43. The number of benzene rings is 2. The van der Waals surface area contributed by atoms with Gasteiger partial charge in [0, 0.05) is 5.56 Å². The molecule has 4 N–H and O–H groups in total. The summed E-state index contributed by atoms with van der Waals surface area (Å²) in [5.74, 6) is -2.73. The Labute approximate surface area is 114 Å². The van der Waals surface area contributed by atoms with Crippen LogP contribution in [0.25, 0.3) is 0 Å². The topological polar surface area (TPSA) is 107 Å². The predicted octanol–water partition coefficient (Wildman–Crippen LogP) is 1.75. The summed E-state index contributed by atoms with van der Waals surface area (Å²) in [7, 11) is 1.30. The van der Waals surface area contributed by atoms with Gasteiger partial charge < -0.3 is 25.2 Å². The number of hydrogen-bond donors (Lipinski definition) is 4. The second-order valence-corrected chi connectivity index (χ2v) is 4.05. The highest BCUT2D eigenvalue weighted by atomic mass is 16.5. The third-order valence-electron chi connectivity index (χ3n) is 2.77. The lowest BCUT2D eigenvalue weighted by Gasteiger charge is -2.10. The number of para-hydroxylation sites is 1. The monoisotopic (exact) mass is 276 g/mol. The van der Waals surface area contributed by atoms with E-state index in [0.29, 0.717) is 0 Å². The van der Waals surface area contributed by atoms with E-state index in [1.54, 1.807) is 0 Å². The van der Waals surface area contributed by atoms with Gasteiger partial charge in [-0.25, -0.2) is 0 Å². The molecule has 104 valence electrons. The molecule has 0 aliphatic rings. The van der Waals surface area contributed by atoms with Crippen LogP contribution in [-0.4, -0.2) is 33.3 Å². The van der Waals surface area contributed by atoms with Crippen molar-refractivity contribution in [3.63, 3.8) is 0 Å². The maximum atomic E-state index is 12.3. The molecule has 0 heterocycles. The molecule has 2 aromatic carbocycles. The number of hydrogen-bond acceptors (Lipinski definition) is 6. The fraction of sp³-hybridized carbons (Fsp3) is 0.0714. The Morgan fingerprint density at radius 1 is 1.00 bits per heavy atom. The van der Waals surface area contributed by atoms with E-state index < -0.39 is 23.0 Å². The minimum absolute atomic E-state index is 0.00967. The molecule has 0 aliphatic heterocycles. The molecule has 0 fully saturated rings. The largest absolute Gasteiger partial charge is 0.504 e. The summed E-state index contributed by atoms with van der Waals surface area (Å²) in [5.41, 5.74) is 0.0127. The van der Waals surface area contributed by atoms with E-state index in [2.05, 4.69) is 0 Å². The average molecular weight is 276 g/mol. The van der Waals surface area contributed by atoms with Gasteiger partial charge in [-0.05, 0) is 24.3 Å². The van der Waals surface area contributed by atoms with Crippen LogP contribution in [0.5, 0.6) is 28.7 Å². The van der Waals surface area contributed by atoms with Crippen LogP contribution in [-0.2, 0) is 0 Å². The van der Waals surface area contributed by atoms with Crippen LogP contribution in [0.2, 0.25) is 0 Å². The van der Waals surface area contributed by atoms with E-state index in [0.717, 1.165) is 12.1 Å². The first-order valence-corrected chi connectivity index (χ1v) is 5.61. The molecule has 0 saturated carbocycles. The number of carbonyl (C=O) groups is 1. The summed E-state index contributed by atoms with van der Waals surface area (Å²) in [6, 6.07) is 6.29. The lowest BCUT2D eigenvalue weighted by molar-refractivity contribution is 0.103. The summed E-state index contributed by atoms with van der Waals surface area (Å²) in [4.78, 5) is 12.3. The molecule has 2 rings (SSSR count). The quantitative estimate of drug-likeness (QED) is 0.502. The number of phenols is 4. The molecule has 0 unspecified atom stereocenters. The molecule has 2 aromatic rings. The molecule has 6 heteroatoms. The number of ether oxygens (including phenoxy) is 1. The Kier molecular flexibility index (Phi) is 3.39. The minimum atomic E-state index is -0.704. The van der Waals surface area contributed by atoms with Gasteiger partial charge in [-0.2, -0.15) is 0 Å². The van der Waals surface area contributed by atoms with Gasteiger partial charge in [0.2, 0.25) is 0 Å². The van der Waals surface area contributed by atoms with Crippen LogP contribution in [0.1, 0.15) is 15.9 Å². The van der Waals surface area contributed by atoms with Crippen molar-refractivity contribution < 1.29 is 30.0 Å². The number of phenolic OH excluding ortho intramolecular Hbond substituents is 4. The van der Waals surface area contributed by atoms with E-state index >= 15 is 0 Å². The standard InChI is InChI=1S/C14H12O6/c1-20-14-8(3-2-4-9(14)15)12(18)7-5-10(16)13(19)11(17)6-7/h2-6,15-17,19H,1H3. The summed E-state index contributed by atoms with van der Waals surface area (Å²) < 4.78 is 4.96. The minimum Gasteiger partial charge on any atom is -0.504 e. The van der Waals surface area contributed by atoms with Crippen molar-refractivity contribution in [1.29, 1.82) is 0 Å². The summed E-state index contributed by atoms with van der Waals surface area (Å²) in [5, 5.41) is 37.7. The highest BCUT2D eigenvalue weighted by molar-refractivity contribution is 6.11. The van der Waals surface area contributed by atoms with Crippen molar-refractivity contribution in [2.24, 2.45) is 0 Å². The normalized spacial score (nSPS) is 10.2. The van der Waals surface area contributed by atoms with Crippen LogP contribution in [0, 0.1) is 0 Å². The SMILES string of the molecule is COc1c(O)cccc1C(=O)c1cc(O)c(O)c(O)c1. The zero-order valence-corrected chi connectivity index (χ0v) is 10.5. The highest BCUT2D eigenvalue weighted by Crippen LogP contribution is 2.37. The Morgan fingerprint density at radius 3 is 2.15 bits per heavy atom. The van der Waals surface area contributed by atoms with Gasteiger partial charge in [-0.15, -0.1) is 0 Å². The molecule has 0 radical (unpaired) electrons. The Bertz CT molecular complexity index is 654. The van der Waals surface area contributed by atoms with Crippen LogP contribution < -0.4 is 4.74 Å². The molecule has 20 heavy (non-hydrogen) atoms. The second kappa shape index (κ2) is 5.00. The van der Waals surface area contributed by atoms with Crippen molar-refractivity contribution >= 4 is 5.78 Å². The van der Waals surface area contributed by atoms with Gasteiger partial charge in [0.05, 0.1) is 12.7 Å². The van der Waals surface area contributed by atoms with Crippen molar-refractivity contribution in [3.05, 3.63) is 41.5 Å². The molecule has 0 bridgehead atoms. The molecule has 0 amide bonds. The number of methoxy groups -OCH3 is 1. The lowest BCUT2D eigenvalue weighted by atomic mass is 10.0. The summed E-state index contributed by atoms with van der Waals surface area (Å²) in [6.45, 7) is 0. The number of aromatic hydroxyl groups is 4. The number of rotatable bonds is 3. The lowest BCUT2D eigenvalue weighted by Crippen LogP contribution is -2.04. The Balaban J connectivity index is 2.55. The van der Waals surface area contributed by atoms with E-state index in [9.17, 15) is 25.2 Å². The van der Waals surface area contributed by atoms with Crippen molar-refractivity contribution in [3.8, 4) is 28.7 Å². The highest BCUT2D eigenvalue weighted by Gasteiger charge is 2.20. The fourth-order valence-corrected chi connectivity index (χ4v) is 1.81. The number of ketones is 1. The predicted molar refractivity (Wildman–Crippen MR) is 69.5 cm³/mol. The van der Waals surface area contributed by atoms with Crippen LogP contribution in [0.4, 0.5) is 0 Å². The third-order valence-corrected chi connectivity index (χ3v) is 2.77. The van der Waals surface area contributed by atoms with Crippen molar-refractivity contribution in [1.82, 2.24) is 0 Å². The molecule has 6 nitrogen and oxygen atoms in total. The van der Waals surface area contributed by atoms with E-state index in [-0.39, 0.29) is 22.6 Å². The maximum absolute atomic E-state index is 12.3. The van der Waals surface area contributed by atoms with E-state index in [4.69, 9.17) is 4.74 Å². The summed E-state index contributed by atoms with van der Waals surface area (Å²) >= 11 is 0. The first-order chi connectivity index (χ1) is 9.45. The molecule has 0 atom stereocenters. The van der Waals surface area contributed by atoms with Crippen LogP contribution in [0.15, 0.2) is 30.3 Å². The zero-order chi connectivity index (χ0) is 14.9. The van der Waals surface area contributed by atoms with E-state index in [1.807, 2.05) is 0 Å². The third kappa shape index (κ3) is 2.18. The smallest absolute Gasteiger partial charge is 0.200 e. The van der Waals surface area contributed by atoms with Gasteiger partial charge in [-0.3, -0.25) is 4.79 Å². The molecule has 0 aliphatic carbocycles. The van der Waals surface area contributed by atoms with Crippen molar-refractivity contribution in [2.75, 3.05) is 7.11 Å². The number of carbonyl (C=O) groups excluding carboxylic acids is 1. The Morgan fingerprint density at radius 2 is 1.60 bits per heavy atom. The summed E-state index contributed by atoms with van der Waals surface area (Å²) in [6.07, 6.45) is 0. The van der Waals surface area contributed by atoms with Crippen LogP contribution >= 0.6 is 0 Å². The molecule has 0 saturated heterocycles. The molecule has 0 aromatic heterocycles. The van der Waals surface area contributed by atoms with Crippen LogP contribution in [0.3, 0.4) is 0 Å². The maximum Gasteiger partial charge on any atom is 0.200 e. The Hall–Kier alpha value is -2.89. The van der Waals surface area contributed by atoms with Crippen molar-refractivity contribution in [2.45, 2.75) is 0 Å². The molecular formula is C14H12O6. The van der Waals surface area contributed by atoms with Gasteiger partial charge in [0.1, 0.15) is 0 Å². The van der Waals surface area contributed by atoms with Gasteiger partial charge in [0.25, 0.3) is 0 Å². The van der Waals surface area contributed by atoms with Gasteiger partial charge >= 0.3 is 0 Å². The van der Waals surface area contributed by atoms with E-state index in [1.165, 1.54) is 25.3 Å². The first-order valence-electron chi connectivity index (χ1n) is 5.61. The second-order valence-electron chi connectivity index (χ2n) is 4.05. The van der Waals surface area contributed by atoms with Gasteiger partial charge in [-0.1, -0.05) is 6.07 Å². The fourth-order valence-electron chi connectivity index (χ4n) is 1.81. The van der Waals surface area contributed by atoms with Gasteiger partial charge in [0.15, 0.2) is 34.5 Å². The first kappa shape index (κ1) is 13.5.